The minimum Gasteiger partial charge on any atom is -0.494 e. The molecular weight excluding hydrogens is 392 g/mol. The summed E-state index contributed by atoms with van der Waals surface area (Å²) in [6, 6.07) is 6.63. The number of morpholine rings is 1. The van der Waals surface area contributed by atoms with Crippen LogP contribution in [0, 0.1) is 0 Å². The maximum absolute atomic E-state index is 12.7. The van der Waals surface area contributed by atoms with E-state index in [0.29, 0.717) is 24.0 Å². The van der Waals surface area contributed by atoms with Crippen molar-refractivity contribution in [3.05, 3.63) is 24.3 Å². The number of nitrogens with one attached hydrogen (secondary N) is 2. The van der Waals surface area contributed by atoms with Gasteiger partial charge in [0.25, 0.3) is 5.91 Å². The Labute approximate surface area is 176 Å². The van der Waals surface area contributed by atoms with Gasteiger partial charge in [-0.05, 0) is 43.4 Å². The number of rotatable bonds is 8. The second kappa shape index (κ2) is 10.00. The van der Waals surface area contributed by atoms with Crippen LogP contribution in [0.25, 0.3) is 0 Å². The van der Waals surface area contributed by atoms with E-state index in [4.69, 9.17) is 21.7 Å². The van der Waals surface area contributed by atoms with Crippen LogP contribution in [0.5, 0.6) is 5.75 Å². The van der Waals surface area contributed by atoms with E-state index in [1.807, 2.05) is 11.8 Å². The van der Waals surface area contributed by atoms with Gasteiger partial charge in [-0.25, -0.2) is 0 Å². The minimum atomic E-state index is -0.560. The van der Waals surface area contributed by atoms with Crippen LogP contribution in [0.4, 0.5) is 5.69 Å². The van der Waals surface area contributed by atoms with Gasteiger partial charge in [-0.15, -0.1) is 0 Å². The summed E-state index contributed by atoms with van der Waals surface area (Å²) in [6.07, 6.45) is 0.0645. The lowest BCUT2D eigenvalue weighted by Crippen LogP contribution is -3.14. The number of anilines is 1. The highest BCUT2D eigenvalue weighted by Crippen LogP contribution is 2.20. The maximum atomic E-state index is 12.7. The number of benzene rings is 1. The maximum Gasteiger partial charge on any atom is 0.251 e. The van der Waals surface area contributed by atoms with Gasteiger partial charge in [-0.2, -0.15) is 0 Å². The lowest BCUT2D eigenvalue weighted by Gasteiger charge is -2.28. The predicted molar refractivity (Wildman–Crippen MR) is 113 cm³/mol. The van der Waals surface area contributed by atoms with Crippen LogP contribution >= 0.6 is 12.2 Å². The summed E-state index contributed by atoms with van der Waals surface area (Å²) in [5, 5.41) is 3.35. The number of ether oxygens (including phenoxy) is 2. The molecule has 0 radical (unpaired) electrons. The Morgan fingerprint density at radius 3 is 2.66 bits per heavy atom. The lowest BCUT2D eigenvalue weighted by atomic mass is 10.1. The second-order valence-electron chi connectivity index (χ2n) is 7.21. The van der Waals surface area contributed by atoms with Gasteiger partial charge in [0.1, 0.15) is 24.9 Å². The van der Waals surface area contributed by atoms with Crippen LogP contribution in [0.2, 0.25) is 0 Å². The van der Waals surface area contributed by atoms with E-state index in [0.717, 1.165) is 38.6 Å². The van der Waals surface area contributed by atoms with Crippen LogP contribution in [-0.4, -0.2) is 85.8 Å². The zero-order valence-electron chi connectivity index (χ0n) is 17.0. The van der Waals surface area contributed by atoms with Gasteiger partial charge in [0.05, 0.1) is 39.3 Å². The molecule has 0 saturated carbocycles. The Morgan fingerprint density at radius 1 is 1.31 bits per heavy atom. The molecule has 0 bridgehead atoms. The first-order valence-corrected chi connectivity index (χ1v) is 10.4. The molecule has 2 saturated heterocycles. The topological polar surface area (TPSA) is 75.6 Å². The molecule has 2 amide bonds. The van der Waals surface area contributed by atoms with Crippen molar-refractivity contribution in [1.82, 2.24) is 9.80 Å². The van der Waals surface area contributed by atoms with Crippen LogP contribution in [0.15, 0.2) is 24.3 Å². The molecule has 1 aromatic carbocycles. The van der Waals surface area contributed by atoms with Gasteiger partial charge in [0.2, 0.25) is 5.91 Å². The standard InChI is InChI=1S/C20H28N4O4S/c1-3-28-16-6-4-15(5-7-16)21-18(25)14-17-19(26)22(2)20(29)24(17)9-8-23-10-12-27-13-11-23/h4-7,17H,3,8-14H2,1-2H3,(H,21,25)/p+1/t17-/m0/s1. The van der Waals surface area contributed by atoms with E-state index in [1.165, 1.54) is 9.80 Å². The fourth-order valence-corrected chi connectivity index (χ4v) is 3.91. The summed E-state index contributed by atoms with van der Waals surface area (Å²) < 4.78 is 10.8. The van der Waals surface area contributed by atoms with E-state index in [1.54, 1.807) is 31.3 Å². The van der Waals surface area contributed by atoms with Gasteiger partial charge in [0, 0.05) is 12.7 Å². The summed E-state index contributed by atoms with van der Waals surface area (Å²) in [4.78, 5) is 30.0. The van der Waals surface area contributed by atoms with Gasteiger partial charge in [-0.3, -0.25) is 14.5 Å². The Bertz CT molecular complexity index is 737. The van der Waals surface area contributed by atoms with Gasteiger partial charge < -0.3 is 24.6 Å². The number of hydrogen-bond donors (Lipinski definition) is 2. The first-order valence-electron chi connectivity index (χ1n) is 10.0. The number of likely N-dealkylation sites (N-methyl/N-ethyl adjacent to an activating group) is 1. The van der Waals surface area contributed by atoms with Gasteiger partial charge in [-0.1, -0.05) is 0 Å². The quantitative estimate of drug-likeness (QED) is 0.565. The molecule has 2 aliphatic rings. The number of amides is 2. The van der Waals surface area contributed by atoms with Crippen molar-refractivity contribution in [3.63, 3.8) is 0 Å². The zero-order chi connectivity index (χ0) is 20.8. The summed E-state index contributed by atoms with van der Waals surface area (Å²) in [6.45, 7) is 7.43. The molecule has 0 aromatic heterocycles. The van der Waals surface area contributed by atoms with Gasteiger partial charge >= 0.3 is 0 Å². The molecule has 2 aliphatic heterocycles. The van der Waals surface area contributed by atoms with Crippen LogP contribution in [-0.2, 0) is 14.3 Å². The van der Waals surface area contributed by atoms with Crippen LogP contribution in [0.3, 0.4) is 0 Å². The number of carbonyl (C=O) groups excluding carboxylic acids is 2. The van der Waals surface area contributed by atoms with Crippen LogP contribution < -0.4 is 15.0 Å². The minimum absolute atomic E-state index is 0.0645. The molecular formula is C20H29N4O4S+. The summed E-state index contributed by atoms with van der Waals surface area (Å²) >= 11 is 5.46. The molecule has 2 fully saturated rings. The largest absolute Gasteiger partial charge is 0.494 e. The number of quaternary nitrogens is 1. The molecule has 9 heteroatoms. The third-order valence-corrected chi connectivity index (χ3v) is 5.77. The monoisotopic (exact) mass is 421 g/mol. The number of hydrogen-bond acceptors (Lipinski definition) is 5. The molecule has 2 N–H and O–H groups in total. The zero-order valence-corrected chi connectivity index (χ0v) is 17.8. The molecule has 158 valence electrons. The van der Waals surface area contributed by atoms with Crippen molar-refractivity contribution in [1.29, 1.82) is 0 Å². The summed E-state index contributed by atoms with van der Waals surface area (Å²) in [5.41, 5.74) is 0.671. The third kappa shape index (κ3) is 5.43. The van der Waals surface area contributed by atoms with Crippen LogP contribution in [0.1, 0.15) is 13.3 Å². The van der Waals surface area contributed by atoms with E-state index >= 15 is 0 Å². The first-order chi connectivity index (χ1) is 14.0. The Balaban J connectivity index is 1.58. The first kappa shape index (κ1) is 21.5. The summed E-state index contributed by atoms with van der Waals surface area (Å²) in [5.74, 6) is 0.406. The average Bonchev–Trinajstić information content (AvgIpc) is 2.92. The normalized spacial score (nSPS) is 20.3. The number of nitrogens with zero attached hydrogens (tertiary/aromatic N) is 2. The molecule has 1 atom stereocenters. The molecule has 2 heterocycles. The third-order valence-electron chi connectivity index (χ3n) is 5.26. The van der Waals surface area contributed by atoms with E-state index in [-0.39, 0.29) is 18.2 Å². The fraction of sp³-hybridized carbons (Fsp3) is 0.550. The molecule has 3 rings (SSSR count). The van der Waals surface area contributed by atoms with Crippen molar-refractivity contribution >= 4 is 34.8 Å². The highest BCUT2D eigenvalue weighted by Gasteiger charge is 2.41. The fourth-order valence-electron chi connectivity index (χ4n) is 3.60. The molecule has 0 spiro atoms. The second-order valence-corrected chi connectivity index (χ2v) is 7.58. The number of thiocarbonyl (C=S) groups is 1. The SMILES string of the molecule is CCOc1ccc(NC(=O)C[C@H]2C(=O)N(C)C(=S)N2CC[NH+]2CCOCC2)cc1. The summed E-state index contributed by atoms with van der Waals surface area (Å²) in [7, 11) is 1.67. The Kier molecular flexibility index (Phi) is 7.40. The Hall–Kier alpha value is -2.23. The van der Waals surface area contributed by atoms with Crippen molar-refractivity contribution < 1.29 is 24.0 Å². The lowest BCUT2D eigenvalue weighted by molar-refractivity contribution is -0.907. The smallest absolute Gasteiger partial charge is 0.251 e. The molecule has 0 unspecified atom stereocenters. The molecule has 0 aliphatic carbocycles. The molecule has 8 nitrogen and oxygen atoms in total. The van der Waals surface area contributed by atoms with Crippen molar-refractivity contribution in [2.75, 3.05) is 58.4 Å². The predicted octanol–water partition coefficient (Wildman–Crippen LogP) is -0.243. The molecule has 1 aromatic rings. The van der Waals surface area contributed by atoms with Crippen molar-refractivity contribution in [2.45, 2.75) is 19.4 Å². The number of carbonyl (C=O) groups is 2. The Morgan fingerprint density at radius 2 is 2.00 bits per heavy atom. The van der Waals surface area contributed by atoms with E-state index in [9.17, 15) is 9.59 Å². The van der Waals surface area contributed by atoms with Crippen molar-refractivity contribution in [2.24, 2.45) is 0 Å². The van der Waals surface area contributed by atoms with E-state index < -0.39 is 6.04 Å². The highest BCUT2D eigenvalue weighted by atomic mass is 32.1. The van der Waals surface area contributed by atoms with Gasteiger partial charge in [0.15, 0.2) is 5.11 Å². The van der Waals surface area contributed by atoms with Crippen molar-refractivity contribution in [3.8, 4) is 5.75 Å². The van der Waals surface area contributed by atoms with E-state index in [2.05, 4.69) is 5.32 Å². The molecule has 29 heavy (non-hydrogen) atoms. The highest BCUT2D eigenvalue weighted by molar-refractivity contribution is 7.80. The average molecular weight is 422 g/mol.